The second-order valence-electron chi connectivity index (χ2n) is 2.71. The van der Waals surface area contributed by atoms with Gasteiger partial charge in [-0.3, -0.25) is 4.79 Å². The first-order chi connectivity index (χ1) is 6.24. The van der Waals surface area contributed by atoms with Gasteiger partial charge in [0, 0.05) is 12.1 Å². The fourth-order valence-corrected chi connectivity index (χ4v) is 1.04. The molecule has 0 aliphatic heterocycles. The molecule has 0 bridgehead atoms. The summed E-state index contributed by atoms with van der Waals surface area (Å²) in [6.07, 6.45) is 6.30. The third-order valence-corrected chi connectivity index (χ3v) is 1.69. The van der Waals surface area contributed by atoms with E-state index in [0.29, 0.717) is 18.5 Å². The largest absolute Gasteiger partial charge is 0.353 e. The third-order valence-electron chi connectivity index (χ3n) is 1.69. The fourth-order valence-electron chi connectivity index (χ4n) is 1.04. The summed E-state index contributed by atoms with van der Waals surface area (Å²) < 4.78 is 12.7. The first kappa shape index (κ1) is 9.71. The van der Waals surface area contributed by atoms with Crippen LogP contribution >= 0.6 is 0 Å². The van der Waals surface area contributed by atoms with Crippen molar-refractivity contribution < 1.29 is 9.18 Å². The van der Waals surface area contributed by atoms with Crippen LogP contribution in [0, 0.1) is 0 Å². The van der Waals surface area contributed by atoms with Gasteiger partial charge in [-0.15, -0.1) is 0 Å². The number of carbonyl (C=O) groups excluding carboxylic acids is 1. The van der Waals surface area contributed by atoms with Crippen LogP contribution in [0.1, 0.15) is 13.3 Å². The summed E-state index contributed by atoms with van der Waals surface area (Å²) in [6, 6.07) is 0. The summed E-state index contributed by atoms with van der Waals surface area (Å²) >= 11 is 0. The molecule has 70 valence electrons. The molecule has 0 spiro atoms. The SMILES string of the molecule is CCNC(=O)C1=CC=C(F)C=CC1. The minimum Gasteiger partial charge on any atom is -0.353 e. The van der Waals surface area contributed by atoms with Crippen molar-refractivity contribution in [1.29, 1.82) is 0 Å². The van der Waals surface area contributed by atoms with Crippen LogP contribution in [-0.2, 0) is 4.79 Å². The number of carbonyl (C=O) groups is 1. The van der Waals surface area contributed by atoms with Gasteiger partial charge >= 0.3 is 0 Å². The minimum absolute atomic E-state index is 0.127. The van der Waals surface area contributed by atoms with Gasteiger partial charge in [0.2, 0.25) is 5.91 Å². The summed E-state index contributed by atoms with van der Waals surface area (Å²) in [6.45, 7) is 2.44. The van der Waals surface area contributed by atoms with Gasteiger partial charge in [0.05, 0.1) is 0 Å². The molecule has 0 heterocycles. The number of rotatable bonds is 2. The number of nitrogens with one attached hydrogen (secondary N) is 1. The number of allylic oxidation sites excluding steroid dienone is 5. The van der Waals surface area contributed by atoms with Crippen molar-refractivity contribution >= 4 is 5.91 Å². The summed E-state index contributed by atoms with van der Waals surface area (Å²) in [7, 11) is 0. The predicted octanol–water partition coefficient (Wildman–Crippen LogP) is 1.86. The van der Waals surface area contributed by atoms with Gasteiger partial charge in [-0.1, -0.05) is 12.2 Å². The molecule has 0 saturated carbocycles. The van der Waals surface area contributed by atoms with Crippen LogP contribution in [0.3, 0.4) is 0 Å². The maximum absolute atomic E-state index is 12.7. The number of hydrogen-bond donors (Lipinski definition) is 1. The lowest BCUT2D eigenvalue weighted by Gasteiger charge is -2.02. The van der Waals surface area contributed by atoms with Crippen molar-refractivity contribution in [3.63, 3.8) is 0 Å². The molecule has 1 rings (SSSR count). The monoisotopic (exact) mass is 181 g/mol. The molecule has 0 aromatic carbocycles. The van der Waals surface area contributed by atoms with Crippen LogP contribution in [0.15, 0.2) is 35.7 Å². The normalized spacial score (nSPS) is 15.8. The molecule has 0 aromatic rings. The Morgan fingerprint density at radius 2 is 2.38 bits per heavy atom. The molecule has 0 atom stereocenters. The Morgan fingerprint density at radius 1 is 1.62 bits per heavy atom. The van der Waals surface area contributed by atoms with E-state index in [-0.39, 0.29) is 11.7 Å². The van der Waals surface area contributed by atoms with Crippen molar-refractivity contribution in [2.75, 3.05) is 6.54 Å². The molecule has 13 heavy (non-hydrogen) atoms. The van der Waals surface area contributed by atoms with Crippen molar-refractivity contribution in [2.24, 2.45) is 0 Å². The Morgan fingerprint density at radius 3 is 3.08 bits per heavy atom. The maximum Gasteiger partial charge on any atom is 0.247 e. The topological polar surface area (TPSA) is 29.1 Å². The zero-order chi connectivity index (χ0) is 9.68. The average Bonchev–Trinajstić information content (AvgIpc) is 2.30. The van der Waals surface area contributed by atoms with E-state index in [4.69, 9.17) is 0 Å². The van der Waals surface area contributed by atoms with E-state index < -0.39 is 0 Å². The van der Waals surface area contributed by atoms with E-state index in [1.165, 1.54) is 18.2 Å². The van der Waals surface area contributed by atoms with Crippen LogP contribution < -0.4 is 5.32 Å². The third kappa shape index (κ3) is 2.86. The lowest BCUT2D eigenvalue weighted by atomic mass is 10.1. The highest BCUT2D eigenvalue weighted by Crippen LogP contribution is 2.11. The van der Waals surface area contributed by atoms with E-state index in [2.05, 4.69) is 5.32 Å². The second-order valence-corrected chi connectivity index (χ2v) is 2.71. The molecule has 0 unspecified atom stereocenters. The molecule has 0 radical (unpaired) electrons. The number of hydrogen-bond acceptors (Lipinski definition) is 1. The van der Waals surface area contributed by atoms with Crippen LogP contribution in [-0.4, -0.2) is 12.5 Å². The standard InChI is InChI=1S/C10H12FNO/c1-2-12-10(13)8-4-3-5-9(11)7-6-8/h3,5-7H,2,4H2,1H3,(H,12,13). The van der Waals surface area contributed by atoms with E-state index in [1.54, 1.807) is 6.08 Å². The molecular weight excluding hydrogens is 169 g/mol. The van der Waals surface area contributed by atoms with Crippen molar-refractivity contribution in [3.05, 3.63) is 35.7 Å². The Hall–Kier alpha value is -1.38. The lowest BCUT2D eigenvalue weighted by Crippen LogP contribution is -2.24. The quantitative estimate of drug-likeness (QED) is 0.692. The smallest absolute Gasteiger partial charge is 0.247 e. The Balaban J connectivity index is 2.71. The summed E-state index contributed by atoms with van der Waals surface area (Å²) in [4.78, 5) is 11.3. The molecule has 2 nitrogen and oxygen atoms in total. The van der Waals surface area contributed by atoms with Gasteiger partial charge in [-0.05, 0) is 25.5 Å². The highest BCUT2D eigenvalue weighted by Gasteiger charge is 2.07. The first-order valence-electron chi connectivity index (χ1n) is 4.25. The highest BCUT2D eigenvalue weighted by atomic mass is 19.1. The van der Waals surface area contributed by atoms with Crippen molar-refractivity contribution in [2.45, 2.75) is 13.3 Å². The summed E-state index contributed by atoms with van der Waals surface area (Å²) in [5, 5.41) is 2.67. The summed E-state index contributed by atoms with van der Waals surface area (Å²) in [5.41, 5.74) is 0.589. The van der Waals surface area contributed by atoms with Crippen LogP contribution in [0.4, 0.5) is 4.39 Å². The minimum atomic E-state index is -0.320. The maximum atomic E-state index is 12.7. The van der Waals surface area contributed by atoms with Crippen molar-refractivity contribution in [1.82, 2.24) is 5.32 Å². The van der Waals surface area contributed by atoms with Gasteiger partial charge < -0.3 is 5.32 Å². The van der Waals surface area contributed by atoms with Crippen LogP contribution in [0.2, 0.25) is 0 Å². The zero-order valence-electron chi connectivity index (χ0n) is 7.51. The van der Waals surface area contributed by atoms with E-state index in [9.17, 15) is 9.18 Å². The summed E-state index contributed by atoms with van der Waals surface area (Å²) in [5.74, 6) is -0.447. The highest BCUT2D eigenvalue weighted by molar-refractivity contribution is 5.94. The Bertz CT molecular complexity index is 289. The van der Waals surface area contributed by atoms with Gasteiger partial charge in [0.1, 0.15) is 5.83 Å². The first-order valence-corrected chi connectivity index (χ1v) is 4.25. The second kappa shape index (κ2) is 4.60. The molecule has 0 fully saturated rings. The van der Waals surface area contributed by atoms with Crippen LogP contribution in [0.25, 0.3) is 0 Å². The van der Waals surface area contributed by atoms with Gasteiger partial charge in [-0.25, -0.2) is 4.39 Å². The average molecular weight is 181 g/mol. The molecule has 0 saturated heterocycles. The molecular formula is C10H12FNO. The van der Waals surface area contributed by atoms with Gasteiger partial charge in [0.15, 0.2) is 0 Å². The van der Waals surface area contributed by atoms with Crippen molar-refractivity contribution in [3.8, 4) is 0 Å². The molecule has 3 heteroatoms. The Kier molecular flexibility index (Phi) is 3.43. The molecule has 1 N–H and O–H groups in total. The number of halogens is 1. The number of amides is 1. The molecule has 1 amide bonds. The lowest BCUT2D eigenvalue weighted by molar-refractivity contribution is -0.117. The van der Waals surface area contributed by atoms with E-state index in [0.717, 1.165) is 0 Å². The molecule has 1 aliphatic rings. The fraction of sp³-hybridized carbons (Fsp3) is 0.300. The van der Waals surface area contributed by atoms with E-state index >= 15 is 0 Å². The van der Waals surface area contributed by atoms with Gasteiger partial charge in [-0.2, -0.15) is 0 Å². The number of likely N-dealkylation sites (N-methyl/N-ethyl adjacent to an activating group) is 1. The Labute approximate surface area is 76.8 Å². The van der Waals surface area contributed by atoms with Crippen LogP contribution in [0.5, 0.6) is 0 Å². The predicted molar refractivity (Wildman–Crippen MR) is 49.7 cm³/mol. The molecule has 1 aliphatic carbocycles. The van der Waals surface area contributed by atoms with E-state index in [1.807, 2.05) is 6.92 Å². The van der Waals surface area contributed by atoms with Gasteiger partial charge in [0.25, 0.3) is 0 Å². The molecule has 0 aromatic heterocycles. The zero-order valence-corrected chi connectivity index (χ0v) is 7.51.